The van der Waals surface area contributed by atoms with E-state index in [0.717, 1.165) is 43.7 Å². The molecule has 0 fully saturated rings. The van der Waals surface area contributed by atoms with Crippen molar-refractivity contribution in [1.29, 1.82) is 0 Å². The minimum absolute atomic E-state index is 0.0504. The van der Waals surface area contributed by atoms with Crippen LogP contribution in [0.1, 0.15) is 42.6 Å². The number of fused-ring (bicyclic) bond motifs is 1. The summed E-state index contributed by atoms with van der Waals surface area (Å²) in [7, 11) is 0. The Morgan fingerprint density at radius 3 is 2.77 bits per heavy atom. The molecule has 0 radical (unpaired) electrons. The first-order valence-corrected chi connectivity index (χ1v) is 8.07. The second kappa shape index (κ2) is 7.94. The predicted molar refractivity (Wildman–Crippen MR) is 88.1 cm³/mol. The quantitative estimate of drug-likeness (QED) is 0.845. The number of hydrogen-bond donors (Lipinski definition) is 2. The standard InChI is InChI=1S/C17H25N3O2/c1-3-20(4-2)11-10-18-17(22)14-8-9-15-13(12-14)6-5-7-16(21)19-15/h8-9,12H,3-7,10-11H2,1-2H3,(H,18,22)(H,19,21). The van der Waals surface area contributed by atoms with E-state index >= 15 is 0 Å². The number of nitrogens with zero attached hydrogens (tertiary/aromatic N) is 1. The Hall–Kier alpha value is -1.88. The fourth-order valence-electron chi connectivity index (χ4n) is 2.69. The van der Waals surface area contributed by atoms with Gasteiger partial charge >= 0.3 is 0 Å². The van der Waals surface area contributed by atoms with Gasteiger partial charge in [0.05, 0.1) is 0 Å². The first-order valence-electron chi connectivity index (χ1n) is 8.07. The maximum Gasteiger partial charge on any atom is 0.251 e. The van der Waals surface area contributed by atoms with Crippen LogP contribution < -0.4 is 10.6 Å². The topological polar surface area (TPSA) is 61.4 Å². The van der Waals surface area contributed by atoms with Gasteiger partial charge in [-0.05, 0) is 49.7 Å². The van der Waals surface area contributed by atoms with Crippen LogP contribution in [0.3, 0.4) is 0 Å². The zero-order chi connectivity index (χ0) is 15.9. The molecule has 1 aliphatic rings. The van der Waals surface area contributed by atoms with Crippen molar-refractivity contribution in [3.8, 4) is 0 Å². The molecule has 2 N–H and O–H groups in total. The number of likely N-dealkylation sites (N-methyl/N-ethyl adjacent to an activating group) is 1. The number of carbonyl (C=O) groups is 2. The Balaban J connectivity index is 1.96. The van der Waals surface area contributed by atoms with Gasteiger partial charge in [-0.15, -0.1) is 0 Å². The largest absolute Gasteiger partial charge is 0.351 e. The van der Waals surface area contributed by atoms with Gasteiger partial charge in [0.2, 0.25) is 5.91 Å². The Labute approximate surface area is 132 Å². The minimum Gasteiger partial charge on any atom is -0.351 e. The summed E-state index contributed by atoms with van der Waals surface area (Å²) >= 11 is 0. The van der Waals surface area contributed by atoms with Crippen LogP contribution in [0.5, 0.6) is 0 Å². The molecule has 1 aromatic rings. The number of rotatable bonds is 6. The van der Waals surface area contributed by atoms with Gasteiger partial charge in [0.1, 0.15) is 0 Å². The van der Waals surface area contributed by atoms with Crippen LogP contribution in [0.2, 0.25) is 0 Å². The van der Waals surface area contributed by atoms with Crippen LogP contribution in [0.25, 0.3) is 0 Å². The van der Waals surface area contributed by atoms with Gasteiger partial charge in [0, 0.05) is 30.8 Å². The molecule has 0 saturated heterocycles. The van der Waals surface area contributed by atoms with Crippen molar-refractivity contribution in [3.05, 3.63) is 29.3 Å². The Morgan fingerprint density at radius 1 is 1.27 bits per heavy atom. The molecule has 0 bridgehead atoms. The van der Waals surface area contributed by atoms with E-state index in [9.17, 15) is 9.59 Å². The van der Waals surface area contributed by atoms with Crippen LogP contribution in [0, 0.1) is 0 Å². The van der Waals surface area contributed by atoms with Crippen molar-refractivity contribution in [2.24, 2.45) is 0 Å². The minimum atomic E-state index is -0.0504. The van der Waals surface area contributed by atoms with Gasteiger partial charge in [0.25, 0.3) is 5.91 Å². The molecule has 1 aliphatic heterocycles. The summed E-state index contributed by atoms with van der Waals surface area (Å²) in [6, 6.07) is 5.50. The van der Waals surface area contributed by atoms with Gasteiger partial charge in [-0.3, -0.25) is 9.59 Å². The van der Waals surface area contributed by atoms with E-state index in [1.165, 1.54) is 0 Å². The highest BCUT2D eigenvalue weighted by Crippen LogP contribution is 2.23. The highest BCUT2D eigenvalue weighted by atomic mass is 16.2. The summed E-state index contributed by atoms with van der Waals surface area (Å²) < 4.78 is 0. The molecule has 1 heterocycles. The van der Waals surface area contributed by atoms with Gasteiger partial charge < -0.3 is 15.5 Å². The summed E-state index contributed by atoms with van der Waals surface area (Å²) in [5.74, 6) is 0.000652. The number of aryl methyl sites for hydroxylation is 1. The van der Waals surface area contributed by atoms with Crippen LogP contribution in [0.4, 0.5) is 5.69 Å². The second-order valence-corrected chi connectivity index (χ2v) is 5.56. The van der Waals surface area contributed by atoms with Crippen molar-refractivity contribution in [1.82, 2.24) is 10.2 Å². The molecule has 120 valence electrons. The van der Waals surface area contributed by atoms with Crippen molar-refractivity contribution in [2.45, 2.75) is 33.1 Å². The molecule has 2 amide bonds. The van der Waals surface area contributed by atoms with E-state index in [-0.39, 0.29) is 11.8 Å². The van der Waals surface area contributed by atoms with Crippen molar-refractivity contribution >= 4 is 17.5 Å². The summed E-state index contributed by atoms with van der Waals surface area (Å²) in [6.45, 7) is 7.72. The lowest BCUT2D eigenvalue weighted by atomic mass is 10.0. The second-order valence-electron chi connectivity index (χ2n) is 5.56. The van der Waals surface area contributed by atoms with E-state index in [2.05, 4.69) is 29.4 Å². The average Bonchev–Trinajstić information content (AvgIpc) is 2.71. The number of hydrogen-bond acceptors (Lipinski definition) is 3. The molecular weight excluding hydrogens is 278 g/mol. The number of carbonyl (C=O) groups excluding carboxylic acids is 2. The molecule has 0 saturated carbocycles. The molecule has 0 unspecified atom stereocenters. The third-order valence-corrected chi connectivity index (χ3v) is 4.10. The highest BCUT2D eigenvalue weighted by molar-refractivity contribution is 5.97. The predicted octanol–water partition coefficient (Wildman–Crippen LogP) is 2.03. The van der Waals surface area contributed by atoms with Crippen LogP contribution in [0.15, 0.2) is 18.2 Å². The third kappa shape index (κ3) is 4.31. The van der Waals surface area contributed by atoms with E-state index < -0.39 is 0 Å². The lowest BCUT2D eigenvalue weighted by Crippen LogP contribution is -2.34. The summed E-state index contributed by atoms with van der Waals surface area (Å²) in [6.07, 6.45) is 2.20. The van der Waals surface area contributed by atoms with E-state index in [0.29, 0.717) is 18.5 Å². The lowest BCUT2D eigenvalue weighted by Gasteiger charge is -2.18. The zero-order valence-electron chi connectivity index (χ0n) is 13.4. The smallest absolute Gasteiger partial charge is 0.251 e. The van der Waals surface area contributed by atoms with Crippen molar-refractivity contribution in [2.75, 3.05) is 31.5 Å². The lowest BCUT2D eigenvalue weighted by molar-refractivity contribution is -0.116. The average molecular weight is 303 g/mol. The first-order chi connectivity index (χ1) is 10.6. The molecule has 1 aromatic carbocycles. The Kier molecular flexibility index (Phi) is 5.95. The fourth-order valence-corrected chi connectivity index (χ4v) is 2.69. The molecule has 5 nitrogen and oxygen atoms in total. The van der Waals surface area contributed by atoms with E-state index in [1.807, 2.05) is 12.1 Å². The van der Waals surface area contributed by atoms with Gasteiger partial charge in [0.15, 0.2) is 0 Å². The van der Waals surface area contributed by atoms with Gasteiger partial charge in [-0.1, -0.05) is 13.8 Å². The molecule has 0 atom stereocenters. The number of anilines is 1. The molecule has 2 rings (SSSR count). The number of benzene rings is 1. The van der Waals surface area contributed by atoms with Gasteiger partial charge in [-0.25, -0.2) is 0 Å². The fraction of sp³-hybridized carbons (Fsp3) is 0.529. The van der Waals surface area contributed by atoms with Crippen LogP contribution in [-0.2, 0) is 11.2 Å². The van der Waals surface area contributed by atoms with Crippen LogP contribution >= 0.6 is 0 Å². The maximum absolute atomic E-state index is 12.2. The van der Waals surface area contributed by atoms with E-state index in [1.54, 1.807) is 6.07 Å². The molecule has 0 aliphatic carbocycles. The molecule has 5 heteroatoms. The molecule has 0 spiro atoms. The maximum atomic E-state index is 12.2. The highest BCUT2D eigenvalue weighted by Gasteiger charge is 2.15. The number of amides is 2. The SMILES string of the molecule is CCN(CC)CCNC(=O)c1ccc2c(c1)CCCC(=O)N2. The monoisotopic (exact) mass is 303 g/mol. The molecule has 22 heavy (non-hydrogen) atoms. The number of nitrogens with one attached hydrogen (secondary N) is 2. The Bertz CT molecular complexity index is 539. The summed E-state index contributed by atoms with van der Waals surface area (Å²) in [4.78, 5) is 26.0. The van der Waals surface area contributed by atoms with Crippen LogP contribution in [-0.4, -0.2) is 42.9 Å². The first kappa shape index (κ1) is 16.5. The zero-order valence-corrected chi connectivity index (χ0v) is 13.4. The summed E-state index contributed by atoms with van der Waals surface area (Å²) in [5, 5.41) is 5.85. The van der Waals surface area contributed by atoms with Crippen molar-refractivity contribution < 1.29 is 9.59 Å². The summed E-state index contributed by atoms with van der Waals surface area (Å²) in [5.41, 5.74) is 2.54. The van der Waals surface area contributed by atoms with E-state index in [4.69, 9.17) is 0 Å². The molecular formula is C17H25N3O2. The third-order valence-electron chi connectivity index (χ3n) is 4.10. The van der Waals surface area contributed by atoms with Crippen molar-refractivity contribution in [3.63, 3.8) is 0 Å². The normalized spacial score (nSPS) is 14.2. The Morgan fingerprint density at radius 2 is 2.05 bits per heavy atom. The molecule has 0 aromatic heterocycles. The van der Waals surface area contributed by atoms with Gasteiger partial charge in [-0.2, -0.15) is 0 Å².